The predicted octanol–water partition coefficient (Wildman–Crippen LogP) is 1.98. The quantitative estimate of drug-likeness (QED) is 0.572. The summed E-state index contributed by atoms with van der Waals surface area (Å²) in [7, 11) is 1.70. The van der Waals surface area contributed by atoms with Gasteiger partial charge in [-0.15, -0.1) is 0 Å². The van der Waals surface area contributed by atoms with Crippen molar-refractivity contribution in [2.45, 2.75) is 6.54 Å². The van der Waals surface area contributed by atoms with Crippen LogP contribution in [0, 0.1) is 0 Å². The first-order chi connectivity index (χ1) is 6.36. The van der Waals surface area contributed by atoms with Crippen molar-refractivity contribution >= 4 is 12.6 Å². The largest absolute Gasteiger partial charge is 0.369 e. The zero-order valence-electron chi connectivity index (χ0n) is 7.81. The summed E-state index contributed by atoms with van der Waals surface area (Å²) >= 11 is 4.23. The molecule has 1 aromatic carbocycles. The molecule has 3 heteroatoms. The van der Waals surface area contributed by atoms with E-state index in [0.717, 1.165) is 6.54 Å². The molecule has 0 heterocycles. The van der Waals surface area contributed by atoms with Crippen LogP contribution < -0.4 is 0 Å². The summed E-state index contributed by atoms with van der Waals surface area (Å²) in [4.78, 5) is 2.11. The molecule has 0 saturated heterocycles. The van der Waals surface area contributed by atoms with Crippen molar-refractivity contribution in [3.05, 3.63) is 35.9 Å². The van der Waals surface area contributed by atoms with Gasteiger partial charge in [0.15, 0.2) is 0 Å². The van der Waals surface area contributed by atoms with Crippen molar-refractivity contribution in [3.63, 3.8) is 0 Å². The van der Waals surface area contributed by atoms with E-state index in [-0.39, 0.29) is 0 Å². The summed E-state index contributed by atoms with van der Waals surface area (Å²) in [5.74, 6) is 0.711. The highest BCUT2D eigenvalue weighted by Gasteiger charge is 2.01. The van der Waals surface area contributed by atoms with Gasteiger partial charge in [-0.05, 0) is 5.56 Å². The molecule has 0 N–H and O–H groups in total. The minimum Gasteiger partial charge on any atom is -0.369 e. The van der Waals surface area contributed by atoms with Crippen LogP contribution in [-0.2, 0) is 11.3 Å². The molecule has 2 nitrogen and oxygen atoms in total. The molecule has 0 bridgehead atoms. The number of ether oxygens (including phenoxy) is 1. The van der Waals surface area contributed by atoms with Gasteiger partial charge in [0.25, 0.3) is 0 Å². The van der Waals surface area contributed by atoms with Gasteiger partial charge in [-0.3, -0.25) is 4.90 Å². The summed E-state index contributed by atoms with van der Waals surface area (Å²) in [6, 6.07) is 10.3. The van der Waals surface area contributed by atoms with Crippen LogP contribution in [0.1, 0.15) is 5.56 Å². The second-order valence-electron chi connectivity index (χ2n) is 2.87. The number of benzene rings is 1. The van der Waals surface area contributed by atoms with E-state index in [2.05, 4.69) is 29.7 Å². The summed E-state index contributed by atoms with van der Waals surface area (Å²) in [5.41, 5.74) is 1.29. The van der Waals surface area contributed by atoms with Gasteiger partial charge in [0.05, 0.1) is 6.73 Å². The Balaban J connectivity index is 2.46. The molecule has 0 spiro atoms. The van der Waals surface area contributed by atoms with Crippen molar-refractivity contribution in [3.8, 4) is 0 Å². The topological polar surface area (TPSA) is 12.5 Å². The lowest BCUT2D eigenvalue weighted by Crippen LogP contribution is -2.23. The Morgan fingerprint density at radius 3 is 2.54 bits per heavy atom. The smallest absolute Gasteiger partial charge is 0.0995 e. The number of hydrogen-bond acceptors (Lipinski definition) is 3. The summed E-state index contributed by atoms with van der Waals surface area (Å²) in [5, 5.41) is 0. The van der Waals surface area contributed by atoms with Gasteiger partial charge < -0.3 is 4.74 Å². The fourth-order valence-corrected chi connectivity index (χ4v) is 1.34. The lowest BCUT2D eigenvalue weighted by Gasteiger charge is -2.18. The average molecular weight is 197 g/mol. The number of rotatable bonds is 5. The molecule has 0 amide bonds. The van der Waals surface area contributed by atoms with Crippen LogP contribution in [-0.4, -0.2) is 24.6 Å². The average Bonchev–Trinajstić information content (AvgIpc) is 2.19. The van der Waals surface area contributed by atoms with E-state index in [0.29, 0.717) is 12.6 Å². The molecule has 1 aromatic rings. The van der Waals surface area contributed by atoms with Gasteiger partial charge in [-0.25, -0.2) is 0 Å². The minimum atomic E-state index is 0.623. The van der Waals surface area contributed by atoms with Crippen LogP contribution in [0.15, 0.2) is 30.3 Å². The molecule has 0 saturated carbocycles. The molecule has 0 aliphatic heterocycles. The van der Waals surface area contributed by atoms with Crippen LogP contribution in [0.3, 0.4) is 0 Å². The van der Waals surface area contributed by atoms with Crippen molar-refractivity contribution < 1.29 is 4.74 Å². The molecule has 0 aliphatic carbocycles. The maximum atomic E-state index is 5.04. The third kappa shape index (κ3) is 3.81. The second-order valence-corrected chi connectivity index (χ2v) is 3.16. The van der Waals surface area contributed by atoms with Crippen LogP contribution in [0.2, 0.25) is 0 Å². The summed E-state index contributed by atoms with van der Waals surface area (Å²) < 4.78 is 5.04. The Kier molecular flexibility index (Phi) is 4.90. The van der Waals surface area contributed by atoms with E-state index in [1.165, 1.54) is 5.56 Å². The van der Waals surface area contributed by atoms with E-state index in [4.69, 9.17) is 4.74 Å². The monoisotopic (exact) mass is 197 g/mol. The van der Waals surface area contributed by atoms with E-state index < -0.39 is 0 Å². The molecule has 0 radical (unpaired) electrons. The second kappa shape index (κ2) is 6.02. The van der Waals surface area contributed by atoms with Crippen molar-refractivity contribution in [2.75, 3.05) is 19.7 Å². The molecular weight excluding hydrogens is 182 g/mol. The van der Waals surface area contributed by atoms with Gasteiger partial charge >= 0.3 is 0 Å². The maximum Gasteiger partial charge on any atom is 0.0995 e. The summed E-state index contributed by atoms with van der Waals surface area (Å²) in [6.45, 7) is 1.51. The molecule has 0 aromatic heterocycles. The van der Waals surface area contributed by atoms with E-state index in [9.17, 15) is 0 Å². The first-order valence-corrected chi connectivity index (χ1v) is 4.86. The molecule has 72 valence electrons. The Morgan fingerprint density at radius 2 is 2.00 bits per heavy atom. The highest BCUT2D eigenvalue weighted by atomic mass is 32.1. The number of methoxy groups -OCH3 is 1. The van der Waals surface area contributed by atoms with Gasteiger partial charge in [0.2, 0.25) is 0 Å². The molecule has 0 unspecified atom stereocenters. The lowest BCUT2D eigenvalue weighted by atomic mass is 10.2. The fourth-order valence-electron chi connectivity index (χ4n) is 1.16. The predicted molar refractivity (Wildman–Crippen MR) is 57.7 cm³/mol. The van der Waals surface area contributed by atoms with E-state index >= 15 is 0 Å². The minimum absolute atomic E-state index is 0.623. The molecular formula is C10H15NOS. The summed E-state index contributed by atoms with van der Waals surface area (Å²) in [6.07, 6.45) is 0. The molecule has 0 fully saturated rings. The normalized spacial score (nSPS) is 10.7. The highest BCUT2D eigenvalue weighted by Crippen LogP contribution is 2.04. The lowest BCUT2D eigenvalue weighted by molar-refractivity contribution is 0.0728. The van der Waals surface area contributed by atoms with Crippen LogP contribution in [0.5, 0.6) is 0 Å². The van der Waals surface area contributed by atoms with Crippen LogP contribution in [0.4, 0.5) is 0 Å². The number of thiol groups is 1. The Hall–Kier alpha value is -0.510. The number of nitrogens with zero attached hydrogens (tertiary/aromatic N) is 1. The number of hydrogen-bond donors (Lipinski definition) is 1. The Bertz CT molecular complexity index is 228. The van der Waals surface area contributed by atoms with Gasteiger partial charge in [-0.2, -0.15) is 12.6 Å². The van der Waals surface area contributed by atoms with Crippen molar-refractivity contribution in [1.29, 1.82) is 0 Å². The van der Waals surface area contributed by atoms with Crippen LogP contribution >= 0.6 is 12.6 Å². The van der Waals surface area contributed by atoms with Crippen molar-refractivity contribution in [1.82, 2.24) is 4.90 Å². The standard InChI is InChI=1S/C10H15NOS/c1-12-8-11(9-13)7-10-5-3-2-4-6-10/h2-6,13H,7-9H2,1H3. The van der Waals surface area contributed by atoms with E-state index in [1.54, 1.807) is 7.11 Å². The molecule has 13 heavy (non-hydrogen) atoms. The van der Waals surface area contributed by atoms with Gasteiger partial charge in [0.1, 0.15) is 0 Å². The first kappa shape index (κ1) is 10.6. The Labute approximate surface area is 84.9 Å². The zero-order chi connectivity index (χ0) is 9.52. The molecule has 0 aliphatic rings. The first-order valence-electron chi connectivity index (χ1n) is 4.23. The third-order valence-corrected chi connectivity index (χ3v) is 2.16. The van der Waals surface area contributed by atoms with E-state index in [1.807, 2.05) is 18.2 Å². The van der Waals surface area contributed by atoms with Crippen molar-refractivity contribution in [2.24, 2.45) is 0 Å². The Morgan fingerprint density at radius 1 is 1.31 bits per heavy atom. The fraction of sp³-hybridized carbons (Fsp3) is 0.400. The molecule has 0 atom stereocenters. The molecule has 1 rings (SSSR count). The zero-order valence-corrected chi connectivity index (χ0v) is 8.71. The van der Waals surface area contributed by atoms with Gasteiger partial charge in [-0.1, -0.05) is 30.3 Å². The maximum absolute atomic E-state index is 5.04. The van der Waals surface area contributed by atoms with Crippen LogP contribution in [0.25, 0.3) is 0 Å². The third-order valence-electron chi connectivity index (χ3n) is 1.76. The highest BCUT2D eigenvalue weighted by molar-refractivity contribution is 7.80. The SMILES string of the molecule is COCN(CS)Cc1ccccc1. The van der Waals surface area contributed by atoms with Gasteiger partial charge in [0, 0.05) is 19.5 Å².